The molecule has 5 heteroatoms. The van der Waals surface area contributed by atoms with Crippen molar-refractivity contribution in [2.75, 3.05) is 5.75 Å². The third kappa shape index (κ3) is 2.62. The third-order valence-corrected chi connectivity index (χ3v) is 4.61. The van der Waals surface area contributed by atoms with Gasteiger partial charge in [0.25, 0.3) is 0 Å². The predicted octanol–water partition coefficient (Wildman–Crippen LogP) is 2.44. The zero-order chi connectivity index (χ0) is 12.3. The number of rotatable bonds is 4. The van der Waals surface area contributed by atoms with E-state index in [9.17, 15) is 13.2 Å². The average Bonchev–Trinajstić information content (AvgIpc) is 2.27. The van der Waals surface area contributed by atoms with Crippen molar-refractivity contribution in [3.63, 3.8) is 0 Å². The molecule has 0 amide bonds. The SMILES string of the molecule is CCS(=O)(=O)c1ccc(C(C)C=O)cc1Cl. The van der Waals surface area contributed by atoms with Crippen LogP contribution in [0.4, 0.5) is 0 Å². The van der Waals surface area contributed by atoms with Crippen LogP contribution in [0.3, 0.4) is 0 Å². The van der Waals surface area contributed by atoms with E-state index in [4.69, 9.17) is 11.6 Å². The van der Waals surface area contributed by atoms with Crippen LogP contribution in [0.25, 0.3) is 0 Å². The Morgan fingerprint density at radius 3 is 2.50 bits per heavy atom. The minimum atomic E-state index is -3.30. The molecule has 0 saturated carbocycles. The summed E-state index contributed by atoms with van der Waals surface area (Å²) in [6.07, 6.45) is 0.791. The maximum Gasteiger partial charge on any atom is 0.179 e. The summed E-state index contributed by atoms with van der Waals surface area (Å²) in [6.45, 7) is 3.29. The van der Waals surface area contributed by atoms with Crippen LogP contribution in [0.2, 0.25) is 5.02 Å². The number of carbonyl (C=O) groups is 1. The van der Waals surface area contributed by atoms with Gasteiger partial charge in [-0.2, -0.15) is 0 Å². The first-order valence-electron chi connectivity index (χ1n) is 4.90. The van der Waals surface area contributed by atoms with Crippen molar-refractivity contribution in [3.8, 4) is 0 Å². The normalized spacial score (nSPS) is 13.4. The molecule has 0 aliphatic heterocycles. The lowest BCUT2D eigenvalue weighted by Gasteiger charge is -2.08. The van der Waals surface area contributed by atoms with Gasteiger partial charge in [-0.3, -0.25) is 0 Å². The predicted molar refractivity (Wildman–Crippen MR) is 63.7 cm³/mol. The van der Waals surface area contributed by atoms with Crippen LogP contribution in [0.15, 0.2) is 23.1 Å². The third-order valence-electron chi connectivity index (χ3n) is 2.40. The van der Waals surface area contributed by atoms with Crippen molar-refractivity contribution < 1.29 is 13.2 Å². The first kappa shape index (κ1) is 13.2. The van der Waals surface area contributed by atoms with E-state index in [0.29, 0.717) is 0 Å². The summed E-state index contributed by atoms with van der Waals surface area (Å²) >= 11 is 5.90. The Labute approximate surface area is 100 Å². The molecule has 1 atom stereocenters. The first-order chi connectivity index (χ1) is 7.42. The molecule has 0 aliphatic carbocycles. The summed E-state index contributed by atoms with van der Waals surface area (Å²) in [7, 11) is -3.30. The quantitative estimate of drug-likeness (QED) is 0.782. The Bertz CT molecular complexity index is 494. The Kier molecular flexibility index (Phi) is 4.10. The van der Waals surface area contributed by atoms with Gasteiger partial charge in [0.2, 0.25) is 0 Å². The maximum atomic E-state index is 11.6. The van der Waals surface area contributed by atoms with Gasteiger partial charge in [0.05, 0.1) is 15.7 Å². The van der Waals surface area contributed by atoms with E-state index < -0.39 is 9.84 Å². The lowest BCUT2D eigenvalue weighted by atomic mass is 10.0. The molecule has 16 heavy (non-hydrogen) atoms. The summed E-state index contributed by atoms with van der Waals surface area (Å²) in [5.41, 5.74) is 0.718. The fraction of sp³-hybridized carbons (Fsp3) is 0.364. The topological polar surface area (TPSA) is 51.2 Å². The van der Waals surface area contributed by atoms with Crippen LogP contribution in [-0.2, 0) is 14.6 Å². The van der Waals surface area contributed by atoms with Gasteiger partial charge in [0.15, 0.2) is 9.84 Å². The molecule has 1 aromatic carbocycles. The van der Waals surface area contributed by atoms with Gasteiger partial charge in [-0.15, -0.1) is 0 Å². The van der Waals surface area contributed by atoms with Crippen molar-refractivity contribution in [2.45, 2.75) is 24.7 Å². The summed E-state index contributed by atoms with van der Waals surface area (Å²) in [6, 6.07) is 4.60. The number of aldehydes is 1. The summed E-state index contributed by atoms with van der Waals surface area (Å²) in [4.78, 5) is 10.7. The molecule has 0 spiro atoms. The number of sulfone groups is 1. The molecular formula is C11H13ClO3S. The van der Waals surface area contributed by atoms with E-state index in [0.717, 1.165) is 11.8 Å². The second kappa shape index (κ2) is 4.97. The minimum Gasteiger partial charge on any atom is -0.303 e. The molecule has 88 valence electrons. The van der Waals surface area contributed by atoms with Gasteiger partial charge in [-0.25, -0.2) is 8.42 Å². The highest BCUT2D eigenvalue weighted by molar-refractivity contribution is 7.91. The van der Waals surface area contributed by atoms with Crippen molar-refractivity contribution in [1.29, 1.82) is 0 Å². The Morgan fingerprint density at radius 2 is 2.06 bits per heavy atom. The zero-order valence-electron chi connectivity index (χ0n) is 9.10. The van der Waals surface area contributed by atoms with Gasteiger partial charge in [-0.1, -0.05) is 31.5 Å². The number of hydrogen-bond donors (Lipinski definition) is 0. The molecule has 0 aromatic heterocycles. The van der Waals surface area contributed by atoms with E-state index in [1.54, 1.807) is 19.9 Å². The van der Waals surface area contributed by atoms with Crippen LogP contribution >= 0.6 is 11.6 Å². The van der Waals surface area contributed by atoms with Gasteiger partial charge in [0, 0.05) is 5.92 Å². The number of hydrogen-bond acceptors (Lipinski definition) is 3. The van der Waals surface area contributed by atoms with Crippen molar-refractivity contribution in [1.82, 2.24) is 0 Å². The molecule has 1 unspecified atom stereocenters. The second-order valence-electron chi connectivity index (χ2n) is 3.52. The summed E-state index contributed by atoms with van der Waals surface area (Å²) in [5.74, 6) is -0.272. The van der Waals surface area contributed by atoms with Gasteiger partial charge < -0.3 is 4.79 Å². The van der Waals surface area contributed by atoms with Crippen LogP contribution in [0.5, 0.6) is 0 Å². The molecule has 0 heterocycles. The monoisotopic (exact) mass is 260 g/mol. The molecule has 3 nitrogen and oxygen atoms in total. The van der Waals surface area contributed by atoms with Crippen molar-refractivity contribution in [2.24, 2.45) is 0 Å². The van der Waals surface area contributed by atoms with Gasteiger partial charge in [0.1, 0.15) is 6.29 Å². The van der Waals surface area contributed by atoms with E-state index in [2.05, 4.69) is 0 Å². The summed E-state index contributed by atoms with van der Waals surface area (Å²) in [5, 5.41) is 0.174. The molecule has 0 saturated heterocycles. The highest BCUT2D eigenvalue weighted by Crippen LogP contribution is 2.26. The van der Waals surface area contributed by atoms with Crippen LogP contribution in [0.1, 0.15) is 25.3 Å². The van der Waals surface area contributed by atoms with Crippen LogP contribution in [-0.4, -0.2) is 20.5 Å². The molecular weight excluding hydrogens is 248 g/mol. The van der Waals surface area contributed by atoms with Crippen LogP contribution in [0, 0.1) is 0 Å². The van der Waals surface area contributed by atoms with Crippen LogP contribution < -0.4 is 0 Å². The smallest absolute Gasteiger partial charge is 0.179 e. The fourth-order valence-electron chi connectivity index (χ4n) is 1.29. The van der Waals surface area contributed by atoms with Gasteiger partial charge in [-0.05, 0) is 17.7 Å². The molecule has 1 aromatic rings. The lowest BCUT2D eigenvalue weighted by Crippen LogP contribution is -2.05. The standard InChI is InChI=1S/C11H13ClO3S/c1-3-16(14,15)11-5-4-9(6-10(11)12)8(2)7-13/h4-8H,3H2,1-2H3. The zero-order valence-corrected chi connectivity index (χ0v) is 10.7. The average molecular weight is 261 g/mol. The maximum absolute atomic E-state index is 11.6. The van der Waals surface area contributed by atoms with Gasteiger partial charge >= 0.3 is 0 Å². The van der Waals surface area contributed by atoms with Crippen molar-refractivity contribution >= 4 is 27.7 Å². The van der Waals surface area contributed by atoms with E-state index in [1.165, 1.54) is 12.1 Å². The highest BCUT2D eigenvalue weighted by atomic mass is 35.5. The highest BCUT2D eigenvalue weighted by Gasteiger charge is 2.16. The Hall–Kier alpha value is -0.870. The van der Waals surface area contributed by atoms with E-state index in [-0.39, 0.29) is 21.6 Å². The molecule has 0 radical (unpaired) electrons. The minimum absolute atomic E-state index is 0.00923. The summed E-state index contributed by atoms with van der Waals surface area (Å²) < 4.78 is 23.2. The lowest BCUT2D eigenvalue weighted by molar-refractivity contribution is -0.108. The molecule has 0 bridgehead atoms. The molecule has 1 rings (SSSR count). The Morgan fingerprint density at radius 1 is 1.44 bits per heavy atom. The molecule has 0 N–H and O–H groups in total. The number of carbonyl (C=O) groups excluding carboxylic acids is 1. The van der Waals surface area contributed by atoms with E-state index >= 15 is 0 Å². The number of halogens is 1. The largest absolute Gasteiger partial charge is 0.303 e. The van der Waals surface area contributed by atoms with E-state index in [1.807, 2.05) is 0 Å². The molecule has 0 fully saturated rings. The first-order valence-corrected chi connectivity index (χ1v) is 6.93. The number of benzene rings is 1. The van der Waals surface area contributed by atoms with Crippen molar-refractivity contribution in [3.05, 3.63) is 28.8 Å². The second-order valence-corrected chi connectivity index (χ2v) is 6.17. The molecule has 0 aliphatic rings. The fourth-order valence-corrected chi connectivity index (χ4v) is 2.77. The Balaban J connectivity index is 3.25.